The summed E-state index contributed by atoms with van der Waals surface area (Å²) in [5.41, 5.74) is 0.631. The molecule has 0 heterocycles. The Morgan fingerprint density at radius 3 is 2.06 bits per heavy atom. The van der Waals surface area contributed by atoms with Crippen LogP contribution in [0.25, 0.3) is 0 Å². The summed E-state index contributed by atoms with van der Waals surface area (Å²) >= 11 is 0. The van der Waals surface area contributed by atoms with Crippen LogP contribution in [0.2, 0.25) is 0 Å². The minimum absolute atomic E-state index is 0.00306. The number of hydrogen-bond donors (Lipinski definition) is 1. The van der Waals surface area contributed by atoms with Gasteiger partial charge in [-0.25, -0.2) is 4.79 Å². The van der Waals surface area contributed by atoms with Crippen LogP contribution in [0.5, 0.6) is 17.2 Å². The Bertz CT molecular complexity index is 411. The van der Waals surface area contributed by atoms with E-state index in [1.165, 1.54) is 27.4 Å². The fourth-order valence-corrected chi connectivity index (χ4v) is 1.54. The lowest BCUT2D eigenvalue weighted by molar-refractivity contribution is 0.0689. The predicted molar refractivity (Wildman–Crippen MR) is 57.8 cm³/mol. The highest BCUT2D eigenvalue weighted by Gasteiger charge is 2.22. The van der Waals surface area contributed by atoms with E-state index in [2.05, 4.69) is 0 Å². The second kappa shape index (κ2) is 4.74. The van der Waals surface area contributed by atoms with Crippen LogP contribution in [0.1, 0.15) is 15.9 Å². The Morgan fingerprint density at radius 1 is 1.12 bits per heavy atom. The highest BCUT2D eigenvalue weighted by atomic mass is 16.5. The van der Waals surface area contributed by atoms with Gasteiger partial charge in [0.25, 0.3) is 0 Å². The van der Waals surface area contributed by atoms with E-state index in [9.17, 15) is 4.79 Å². The van der Waals surface area contributed by atoms with Gasteiger partial charge in [-0.2, -0.15) is 0 Å². The molecule has 0 aromatic heterocycles. The topological polar surface area (TPSA) is 65.0 Å². The molecular weight excluding hydrogens is 212 g/mol. The molecule has 1 aromatic rings. The summed E-state index contributed by atoms with van der Waals surface area (Å²) in [6.07, 6.45) is 0. The van der Waals surface area contributed by atoms with Gasteiger partial charge < -0.3 is 19.3 Å². The Kier molecular flexibility index (Phi) is 3.60. The van der Waals surface area contributed by atoms with Gasteiger partial charge >= 0.3 is 5.97 Å². The molecule has 0 atom stereocenters. The number of methoxy groups -OCH3 is 3. The first-order chi connectivity index (χ1) is 7.56. The molecule has 0 saturated carbocycles. The molecule has 0 saturated heterocycles. The van der Waals surface area contributed by atoms with Crippen molar-refractivity contribution < 1.29 is 24.1 Å². The van der Waals surface area contributed by atoms with Crippen LogP contribution < -0.4 is 14.2 Å². The molecule has 1 N–H and O–H groups in total. The van der Waals surface area contributed by atoms with Gasteiger partial charge in [-0.05, 0) is 6.92 Å². The molecule has 88 valence electrons. The maximum Gasteiger partial charge on any atom is 0.343 e. The van der Waals surface area contributed by atoms with Gasteiger partial charge in [0.05, 0.1) is 21.3 Å². The summed E-state index contributed by atoms with van der Waals surface area (Å²) in [6, 6.07) is 1.53. The number of carboxylic acids is 1. The second-order valence-corrected chi connectivity index (χ2v) is 3.12. The van der Waals surface area contributed by atoms with Gasteiger partial charge in [0.2, 0.25) is 0 Å². The molecule has 0 aliphatic rings. The van der Waals surface area contributed by atoms with Gasteiger partial charge in [-0.15, -0.1) is 0 Å². The van der Waals surface area contributed by atoms with E-state index in [-0.39, 0.29) is 17.1 Å². The average molecular weight is 226 g/mol. The van der Waals surface area contributed by atoms with Crippen molar-refractivity contribution in [3.63, 3.8) is 0 Å². The summed E-state index contributed by atoms with van der Waals surface area (Å²) in [6.45, 7) is 1.73. The van der Waals surface area contributed by atoms with Gasteiger partial charge in [0.1, 0.15) is 22.8 Å². The first kappa shape index (κ1) is 12.2. The maximum absolute atomic E-state index is 11.1. The molecule has 0 bridgehead atoms. The lowest BCUT2D eigenvalue weighted by atomic mass is 10.1. The fraction of sp³-hybridized carbons (Fsp3) is 0.364. The number of rotatable bonds is 4. The zero-order valence-corrected chi connectivity index (χ0v) is 9.66. The quantitative estimate of drug-likeness (QED) is 0.846. The van der Waals surface area contributed by atoms with E-state index in [1.807, 2.05) is 0 Å². The molecular formula is C11H14O5. The standard InChI is InChI=1S/C11H14O5/c1-6-7(14-2)5-8(15-3)9(11(12)13)10(6)16-4/h5H,1-4H3,(H,12,13). The minimum atomic E-state index is -1.10. The summed E-state index contributed by atoms with van der Waals surface area (Å²) < 4.78 is 15.2. The molecule has 0 spiro atoms. The third-order valence-electron chi connectivity index (χ3n) is 2.30. The Balaban J connectivity index is 3.57. The number of hydrogen-bond acceptors (Lipinski definition) is 4. The van der Waals surface area contributed by atoms with E-state index in [4.69, 9.17) is 19.3 Å². The highest BCUT2D eigenvalue weighted by Crippen LogP contribution is 2.38. The summed E-state index contributed by atoms with van der Waals surface area (Å²) in [7, 11) is 4.31. The molecule has 5 nitrogen and oxygen atoms in total. The van der Waals surface area contributed by atoms with Crippen molar-refractivity contribution in [1.82, 2.24) is 0 Å². The summed E-state index contributed by atoms with van der Waals surface area (Å²) in [4.78, 5) is 11.1. The van der Waals surface area contributed by atoms with Crippen LogP contribution in [0.4, 0.5) is 0 Å². The van der Waals surface area contributed by atoms with E-state index >= 15 is 0 Å². The van der Waals surface area contributed by atoms with Gasteiger partial charge in [0, 0.05) is 11.6 Å². The van der Waals surface area contributed by atoms with Crippen LogP contribution in [0, 0.1) is 6.92 Å². The largest absolute Gasteiger partial charge is 0.496 e. The Hall–Kier alpha value is -1.91. The smallest absolute Gasteiger partial charge is 0.343 e. The minimum Gasteiger partial charge on any atom is -0.496 e. The second-order valence-electron chi connectivity index (χ2n) is 3.12. The average Bonchev–Trinajstić information content (AvgIpc) is 2.27. The van der Waals surface area contributed by atoms with E-state index < -0.39 is 5.97 Å². The summed E-state index contributed by atoms with van der Waals surface area (Å²) in [5, 5.41) is 9.10. The van der Waals surface area contributed by atoms with Crippen molar-refractivity contribution in [3.8, 4) is 17.2 Å². The lowest BCUT2D eigenvalue weighted by Crippen LogP contribution is -2.06. The fourth-order valence-electron chi connectivity index (χ4n) is 1.54. The van der Waals surface area contributed by atoms with Crippen molar-refractivity contribution in [2.24, 2.45) is 0 Å². The van der Waals surface area contributed by atoms with Gasteiger partial charge in [-0.1, -0.05) is 0 Å². The Labute approximate surface area is 93.6 Å². The van der Waals surface area contributed by atoms with Crippen molar-refractivity contribution in [3.05, 3.63) is 17.2 Å². The van der Waals surface area contributed by atoms with Crippen LogP contribution in [-0.4, -0.2) is 32.4 Å². The number of benzene rings is 1. The van der Waals surface area contributed by atoms with Gasteiger partial charge in [0.15, 0.2) is 0 Å². The monoisotopic (exact) mass is 226 g/mol. The maximum atomic E-state index is 11.1. The molecule has 0 fully saturated rings. The van der Waals surface area contributed by atoms with Crippen molar-refractivity contribution in [2.45, 2.75) is 6.92 Å². The normalized spacial score (nSPS) is 9.75. The van der Waals surface area contributed by atoms with E-state index in [1.54, 1.807) is 6.92 Å². The van der Waals surface area contributed by atoms with E-state index in [0.29, 0.717) is 11.3 Å². The number of carbonyl (C=O) groups is 1. The molecule has 1 aromatic carbocycles. The SMILES string of the molecule is COc1cc(OC)c(C(=O)O)c(OC)c1C. The molecule has 0 radical (unpaired) electrons. The highest BCUT2D eigenvalue weighted by molar-refractivity contribution is 5.95. The van der Waals surface area contributed by atoms with Crippen molar-refractivity contribution in [2.75, 3.05) is 21.3 Å². The van der Waals surface area contributed by atoms with Gasteiger partial charge in [-0.3, -0.25) is 0 Å². The number of ether oxygens (including phenoxy) is 3. The third-order valence-corrected chi connectivity index (χ3v) is 2.30. The van der Waals surface area contributed by atoms with E-state index in [0.717, 1.165) is 0 Å². The third kappa shape index (κ3) is 1.88. The first-order valence-electron chi connectivity index (χ1n) is 4.59. The van der Waals surface area contributed by atoms with Crippen molar-refractivity contribution in [1.29, 1.82) is 0 Å². The van der Waals surface area contributed by atoms with Crippen LogP contribution >= 0.6 is 0 Å². The Morgan fingerprint density at radius 2 is 1.69 bits per heavy atom. The molecule has 0 unspecified atom stereocenters. The first-order valence-corrected chi connectivity index (χ1v) is 4.59. The zero-order valence-electron chi connectivity index (χ0n) is 9.66. The predicted octanol–water partition coefficient (Wildman–Crippen LogP) is 1.72. The molecule has 5 heteroatoms. The van der Waals surface area contributed by atoms with Crippen LogP contribution in [0.3, 0.4) is 0 Å². The molecule has 1 rings (SSSR count). The lowest BCUT2D eigenvalue weighted by Gasteiger charge is -2.15. The van der Waals surface area contributed by atoms with Crippen LogP contribution in [-0.2, 0) is 0 Å². The number of carboxylic acid groups (broad SMARTS) is 1. The molecule has 0 aliphatic carbocycles. The molecule has 0 aliphatic heterocycles. The zero-order chi connectivity index (χ0) is 12.3. The molecule has 0 amide bonds. The van der Waals surface area contributed by atoms with Crippen LogP contribution in [0.15, 0.2) is 6.07 Å². The molecule has 16 heavy (non-hydrogen) atoms. The summed E-state index contributed by atoms with van der Waals surface area (Å²) in [5.74, 6) is -0.103. The van der Waals surface area contributed by atoms with Crippen molar-refractivity contribution >= 4 is 5.97 Å². The number of aromatic carboxylic acids is 1.